The molecule has 1 saturated heterocycles. The fourth-order valence-corrected chi connectivity index (χ4v) is 4.52. The number of nitrogens with one attached hydrogen (secondary N) is 1. The number of thiocarbonyl (C=S) groups is 1. The summed E-state index contributed by atoms with van der Waals surface area (Å²) in [7, 11) is 0. The van der Waals surface area contributed by atoms with Crippen molar-refractivity contribution in [3.8, 4) is 5.75 Å². The molecule has 0 saturated carbocycles. The highest BCUT2D eigenvalue weighted by Gasteiger charge is 2.34. The normalized spacial score (nSPS) is 14.6. The number of carbonyl (C=O) groups excluding carboxylic acids is 2. The molecule has 5 nitrogen and oxygen atoms in total. The number of ether oxygens (including phenoxy) is 1. The average molecular weight is 475 g/mol. The molecule has 0 aliphatic carbocycles. The van der Waals surface area contributed by atoms with Crippen molar-refractivity contribution >= 4 is 46.2 Å². The molecule has 2 amide bonds. The summed E-state index contributed by atoms with van der Waals surface area (Å²) in [6.45, 7) is 4.30. The summed E-state index contributed by atoms with van der Waals surface area (Å²) < 4.78 is 6.33. The molecular formula is C26H22N2O3S2. The zero-order chi connectivity index (χ0) is 23.4. The van der Waals surface area contributed by atoms with E-state index in [-0.39, 0.29) is 16.1 Å². The molecule has 0 bridgehead atoms. The molecule has 0 unspecified atom stereocenters. The van der Waals surface area contributed by atoms with Gasteiger partial charge in [0.15, 0.2) is 4.32 Å². The zero-order valence-electron chi connectivity index (χ0n) is 18.2. The van der Waals surface area contributed by atoms with Crippen LogP contribution in [-0.4, -0.2) is 21.1 Å². The van der Waals surface area contributed by atoms with E-state index in [1.54, 1.807) is 18.2 Å². The Kier molecular flexibility index (Phi) is 6.91. The minimum Gasteiger partial charge on any atom is -0.488 e. The van der Waals surface area contributed by atoms with E-state index in [2.05, 4.69) is 5.43 Å². The molecule has 1 N–H and O–H groups in total. The molecule has 0 radical (unpaired) electrons. The number of aryl methyl sites for hydroxylation is 2. The van der Waals surface area contributed by atoms with Crippen LogP contribution in [0.5, 0.6) is 5.75 Å². The van der Waals surface area contributed by atoms with Crippen LogP contribution < -0.4 is 10.2 Å². The first kappa shape index (κ1) is 22.8. The maximum atomic E-state index is 13.0. The van der Waals surface area contributed by atoms with Crippen LogP contribution in [0, 0.1) is 13.8 Å². The van der Waals surface area contributed by atoms with E-state index in [9.17, 15) is 9.59 Å². The number of amides is 2. The lowest BCUT2D eigenvalue weighted by Gasteiger charge is -2.16. The third-order valence-electron chi connectivity index (χ3n) is 5.25. The summed E-state index contributed by atoms with van der Waals surface area (Å²) in [5.41, 5.74) is 6.95. The number of hydrazine groups is 1. The van der Waals surface area contributed by atoms with E-state index in [0.717, 1.165) is 39.0 Å². The van der Waals surface area contributed by atoms with Gasteiger partial charge in [0.25, 0.3) is 11.8 Å². The molecule has 3 aromatic rings. The van der Waals surface area contributed by atoms with Gasteiger partial charge >= 0.3 is 0 Å². The lowest BCUT2D eigenvalue weighted by Crippen LogP contribution is -2.45. The Labute approximate surface area is 202 Å². The van der Waals surface area contributed by atoms with Crippen molar-refractivity contribution in [1.29, 1.82) is 0 Å². The second-order valence-corrected chi connectivity index (χ2v) is 9.20. The quantitative estimate of drug-likeness (QED) is 0.381. The summed E-state index contributed by atoms with van der Waals surface area (Å²) >= 11 is 6.50. The summed E-state index contributed by atoms with van der Waals surface area (Å²) in [6, 6.07) is 22.7. The number of carbonyl (C=O) groups is 2. The molecule has 0 aromatic heterocycles. The highest BCUT2D eigenvalue weighted by molar-refractivity contribution is 8.26. The number of rotatable bonds is 6. The van der Waals surface area contributed by atoms with Crippen LogP contribution in [0.3, 0.4) is 0 Å². The molecule has 4 rings (SSSR count). The van der Waals surface area contributed by atoms with Crippen molar-refractivity contribution in [2.24, 2.45) is 0 Å². The standard InChI is InChI=1S/C26H22N2O3S2/c1-17-9-3-5-12-20(17)16-31-22-14-8-6-11-19(22)15-23-25(30)28(26(32)33-23)27-24(29)21-13-7-4-10-18(21)2/h3-15H,16H2,1-2H3,(H,27,29)/b23-15+. The van der Waals surface area contributed by atoms with Gasteiger partial charge in [0.2, 0.25) is 0 Å². The molecule has 166 valence electrons. The highest BCUT2D eigenvalue weighted by atomic mass is 32.2. The number of benzene rings is 3. The number of para-hydroxylation sites is 1. The van der Waals surface area contributed by atoms with Gasteiger partial charge in [-0.3, -0.25) is 15.0 Å². The van der Waals surface area contributed by atoms with Crippen LogP contribution >= 0.6 is 24.0 Å². The SMILES string of the molecule is Cc1ccccc1COc1ccccc1/C=C1/SC(=S)N(NC(=O)c2ccccc2C)C1=O. The van der Waals surface area contributed by atoms with Crippen molar-refractivity contribution in [3.05, 3.63) is 106 Å². The number of thioether (sulfide) groups is 1. The first-order chi connectivity index (χ1) is 15.9. The smallest absolute Gasteiger partial charge is 0.285 e. The zero-order valence-corrected chi connectivity index (χ0v) is 19.8. The molecule has 0 spiro atoms. The fourth-order valence-electron chi connectivity index (χ4n) is 3.35. The van der Waals surface area contributed by atoms with E-state index >= 15 is 0 Å². The minimum absolute atomic E-state index is 0.270. The summed E-state index contributed by atoms with van der Waals surface area (Å²) in [5.74, 6) is -0.0942. The molecule has 1 aliphatic rings. The topological polar surface area (TPSA) is 58.6 Å². The average Bonchev–Trinajstić information content (AvgIpc) is 3.07. The lowest BCUT2D eigenvalue weighted by atomic mass is 10.1. The van der Waals surface area contributed by atoms with Gasteiger partial charge in [0, 0.05) is 11.1 Å². The van der Waals surface area contributed by atoms with Gasteiger partial charge in [0.05, 0.1) is 4.91 Å². The predicted molar refractivity (Wildman–Crippen MR) is 136 cm³/mol. The maximum Gasteiger partial charge on any atom is 0.285 e. The van der Waals surface area contributed by atoms with Gasteiger partial charge in [-0.2, -0.15) is 5.01 Å². The highest BCUT2D eigenvalue weighted by Crippen LogP contribution is 2.33. The molecular weight excluding hydrogens is 452 g/mol. The van der Waals surface area contributed by atoms with E-state index in [0.29, 0.717) is 22.8 Å². The Morgan fingerprint density at radius 1 is 1.00 bits per heavy atom. The van der Waals surface area contributed by atoms with Crippen LogP contribution in [0.15, 0.2) is 77.7 Å². The van der Waals surface area contributed by atoms with Crippen LogP contribution in [0.25, 0.3) is 6.08 Å². The first-order valence-corrected chi connectivity index (χ1v) is 11.6. The number of hydrogen-bond acceptors (Lipinski definition) is 5. The Balaban J connectivity index is 1.51. The van der Waals surface area contributed by atoms with Crippen LogP contribution in [-0.2, 0) is 11.4 Å². The summed E-state index contributed by atoms with van der Waals surface area (Å²) in [6.07, 6.45) is 1.74. The third-order valence-corrected chi connectivity index (χ3v) is 6.55. The van der Waals surface area contributed by atoms with Gasteiger partial charge in [-0.15, -0.1) is 0 Å². The largest absolute Gasteiger partial charge is 0.488 e. The molecule has 1 fully saturated rings. The Morgan fingerprint density at radius 2 is 1.67 bits per heavy atom. The van der Waals surface area contributed by atoms with Gasteiger partial charge in [0.1, 0.15) is 12.4 Å². The maximum absolute atomic E-state index is 13.0. The molecule has 7 heteroatoms. The van der Waals surface area contributed by atoms with Crippen molar-refractivity contribution < 1.29 is 14.3 Å². The van der Waals surface area contributed by atoms with E-state index in [1.807, 2.05) is 74.5 Å². The summed E-state index contributed by atoms with van der Waals surface area (Å²) in [5, 5.41) is 1.12. The van der Waals surface area contributed by atoms with E-state index in [1.165, 1.54) is 0 Å². The minimum atomic E-state index is -0.382. The van der Waals surface area contributed by atoms with Crippen molar-refractivity contribution in [2.45, 2.75) is 20.5 Å². The number of nitrogens with zero attached hydrogens (tertiary/aromatic N) is 1. The Morgan fingerprint density at radius 3 is 2.42 bits per heavy atom. The Hall–Kier alpha value is -3.42. The predicted octanol–water partition coefficient (Wildman–Crippen LogP) is 5.43. The first-order valence-electron chi connectivity index (χ1n) is 10.3. The van der Waals surface area contributed by atoms with Crippen molar-refractivity contribution in [2.75, 3.05) is 0 Å². The van der Waals surface area contributed by atoms with Crippen LogP contribution in [0.2, 0.25) is 0 Å². The van der Waals surface area contributed by atoms with Crippen LogP contribution in [0.4, 0.5) is 0 Å². The van der Waals surface area contributed by atoms with Gasteiger partial charge in [-0.05, 0) is 61.0 Å². The van der Waals surface area contributed by atoms with E-state index < -0.39 is 0 Å². The second kappa shape index (κ2) is 10.0. The molecule has 1 heterocycles. The van der Waals surface area contributed by atoms with Gasteiger partial charge in [-0.25, -0.2) is 0 Å². The van der Waals surface area contributed by atoms with Crippen LogP contribution in [0.1, 0.15) is 32.6 Å². The van der Waals surface area contributed by atoms with E-state index in [4.69, 9.17) is 17.0 Å². The van der Waals surface area contributed by atoms with Crippen molar-refractivity contribution in [1.82, 2.24) is 10.4 Å². The van der Waals surface area contributed by atoms with Crippen molar-refractivity contribution in [3.63, 3.8) is 0 Å². The second-order valence-electron chi connectivity index (χ2n) is 7.53. The third kappa shape index (κ3) is 5.16. The fraction of sp³-hybridized carbons (Fsp3) is 0.115. The summed E-state index contributed by atoms with van der Waals surface area (Å²) in [4.78, 5) is 26.1. The van der Waals surface area contributed by atoms with Gasteiger partial charge < -0.3 is 4.74 Å². The molecule has 1 aliphatic heterocycles. The Bertz CT molecular complexity index is 1270. The molecule has 33 heavy (non-hydrogen) atoms. The number of hydrogen-bond donors (Lipinski definition) is 1. The monoisotopic (exact) mass is 474 g/mol. The molecule has 3 aromatic carbocycles. The molecule has 0 atom stereocenters. The van der Waals surface area contributed by atoms with Gasteiger partial charge in [-0.1, -0.05) is 72.4 Å². The lowest BCUT2D eigenvalue weighted by molar-refractivity contribution is -0.123.